The number of aromatic nitrogens is 3. The molecule has 1 heterocycles. The van der Waals surface area contributed by atoms with Crippen LogP contribution < -0.4 is 14.2 Å². The summed E-state index contributed by atoms with van der Waals surface area (Å²) < 4.78 is 34.3. The molecule has 3 aromatic rings. The Labute approximate surface area is 192 Å². The van der Waals surface area contributed by atoms with Crippen molar-refractivity contribution in [3.63, 3.8) is 0 Å². The van der Waals surface area contributed by atoms with Crippen LogP contribution in [0.5, 0.6) is 23.3 Å². The molecule has 0 aliphatic carbocycles. The normalized spacial score (nSPS) is 11.1. The van der Waals surface area contributed by atoms with Gasteiger partial charge >= 0.3 is 6.01 Å². The Hall–Kier alpha value is -3.34. The van der Waals surface area contributed by atoms with Gasteiger partial charge in [-0.1, -0.05) is 18.9 Å². The third-order valence-electron chi connectivity index (χ3n) is 4.69. The Bertz CT molecular complexity index is 1040. The van der Waals surface area contributed by atoms with E-state index in [-0.39, 0.29) is 38.1 Å². The highest BCUT2D eigenvalue weighted by Crippen LogP contribution is 2.40. The SMILES string of the molecule is COCOc1cc(OCOC)c(C(C)C)cc1-c1nnc(OCOC)n1-c1ccc(O)cc1. The highest BCUT2D eigenvalue weighted by Gasteiger charge is 2.23. The Morgan fingerprint density at radius 3 is 2.03 bits per heavy atom. The molecular weight excluding hydrogens is 430 g/mol. The van der Waals surface area contributed by atoms with Crippen LogP contribution in [0.4, 0.5) is 0 Å². The van der Waals surface area contributed by atoms with Crippen molar-refractivity contribution >= 4 is 0 Å². The molecule has 0 unspecified atom stereocenters. The van der Waals surface area contributed by atoms with Crippen molar-refractivity contribution in [3.05, 3.63) is 42.0 Å². The van der Waals surface area contributed by atoms with Crippen molar-refractivity contribution in [1.29, 1.82) is 0 Å². The van der Waals surface area contributed by atoms with Crippen LogP contribution in [0.15, 0.2) is 36.4 Å². The van der Waals surface area contributed by atoms with Crippen LogP contribution in [0.1, 0.15) is 25.3 Å². The lowest BCUT2D eigenvalue weighted by molar-refractivity contribution is 0.0429. The van der Waals surface area contributed by atoms with E-state index in [4.69, 9.17) is 28.4 Å². The average Bonchev–Trinajstić information content (AvgIpc) is 3.23. The first-order valence-corrected chi connectivity index (χ1v) is 10.3. The maximum atomic E-state index is 9.74. The molecule has 3 rings (SSSR count). The van der Waals surface area contributed by atoms with Gasteiger partial charge < -0.3 is 33.5 Å². The van der Waals surface area contributed by atoms with Crippen LogP contribution in [0.25, 0.3) is 17.1 Å². The first-order chi connectivity index (χ1) is 16.0. The van der Waals surface area contributed by atoms with Gasteiger partial charge in [0.1, 0.15) is 17.2 Å². The van der Waals surface area contributed by atoms with Crippen molar-refractivity contribution in [3.8, 4) is 40.3 Å². The molecule has 2 aromatic carbocycles. The second-order valence-electron chi connectivity index (χ2n) is 7.35. The number of hydrogen-bond donors (Lipinski definition) is 1. The summed E-state index contributed by atoms with van der Waals surface area (Å²) >= 11 is 0. The van der Waals surface area contributed by atoms with Gasteiger partial charge in [-0.25, -0.2) is 4.57 Å². The highest BCUT2D eigenvalue weighted by molar-refractivity contribution is 5.70. The lowest BCUT2D eigenvalue weighted by Crippen LogP contribution is -2.09. The molecule has 1 N–H and O–H groups in total. The zero-order valence-electron chi connectivity index (χ0n) is 19.4. The molecule has 178 valence electrons. The van der Waals surface area contributed by atoms with Crippen LogP contribution in [0.2, 0.25) is 0 Å². The standard InChI is InChI=1S/C23H29N3O7/c1-15(2)18-10-19(21(32-13-29-4)11-20(18)31-12-28-3)22-24-25-23(33-14-30-5)26(22)16-6-8-17(27)9-7-16/h6-11,15,27H,12-14H2,1-5H3. The minimum atomic E-state index is -0.00963. The monoisotopic (exact) mass is 459 g/mol. The molecule has 0 fully saturated rings. The molecule has 1 aromatic heterocycles. The van der Waals surface area contributed by atoms with E-state index in [1.165, 1.54) is 7.11 Å². The van der Waals surface area contributed by atoms with Crippen molar-refractivity contribution in [2.75, 3.05) is 41.7 Å². The predicted molar refractivity (Wildman–Crippen MR) is 120 cm³/mol. The molecule has 0 atom stereocenters. The van der Waals surface area contributed by atoms with Gasteiger partial charge in [-0.2, -0.15) is 0 Å². The van der Waals surface area contributed by atoms with Gasteiger partial charge in [0.15, 0.2) is 26.2 Å². The Balaban J connectivity index is 2.21. The van der Waals surface area contributed by atoms with Crippen molar-refractivity contribution in [1.82, 2.24) is 14.8 Å². The van der Waals surface area contributed by atoms with Gasteiger partial charge in [-0.3, -0.25) is 0 Å². The molecule has 0 spiro atoms. The summed E-state index contributed by atoms with van der Waals surface area (Å²) in [5, 5.41) is 18.3. The lowest BCUT2D eigenvalue weighted by atomic mass is 9.98. The number of phenols is 1. The second-order valence-corrected chi connectivity index (χ2v) is 7.35. The van der Waals surface area contributed by atoms with E-state index in [0.29, 0.717) is 28.6 Å². The van der Waals surface area contributed by atoms with Gasteiger partial charge in [-0.15, -0.1) is 5.10 Å². The van der Waals surface area contributed by atoms with E-state index in [2.05, 4.69) is 24.0 Å². The molecule has 0 aliphatic heterocycles. The highest BCUT2D eigenvalue weighted by atomic mass is 16.7. The molecule has 33 heavy (non-hydrogen) atoms. The van der Waals surface area contributed by atoms with Gasteiger partial charge in [0.05, 0.1) is 11.3 Å². The first kappa shape index (κ1) is 24.3. The molecule has 0 saturated heterocycles. The molecule has 10 heteroatoms. The predicted octanol–water partition coefficient (Wildman–Crippen LogP) is 3.71. The van der Waals surface area contributed by atoms with Crippen molar-refractivity contribution in [2.24, 2.45) is 0 Å². The number of phenolic OH excluding ortho intramolecular Hbond substituents is 1. The van der Waals surface area contributed by atoms with Crippen LogP contribution in [0, 0.1) is 0 Å². The summed E-state index contributed by atoms with van der Waals surface area (Å²) in [5.41, 5.74) is 2.28. The minimum Gasteiger partial charge on any atom is -0.508 e. The summed E-state index contributed by atoms with van der Waals surface area (Å²) in [5.74, 6) is 1.87. The largest absolute Gasteiger partial charge is 0.508 e. The molecule has 0 aliphatic rings. The molecule has 10 nitrogen and oxygen atoms in total. The molecule has 0 saturated carbocycles. The zero-order valence-corrected chi connectivity index (χ0v) is 19.4. The van der Waals surface area contributed by atoms with Gasteiger partial charge in [-0.05, 0) is 41.8 Å². The number of aromatic hydroxyl groups is 1. The summed E-state index contributed by atoms with van der Waals surface area (Å²) in [6.45, 7) is 4.24. The maximum Gasteiger partial charge on any atom is 0.324 e. The fraction of sp³-hybridized carbons (Fsp3) is 0.391. The molecule has 0 amide bonds. The fourth-order valence-electron chi connectivity index (χ4n) is 3.18. The first-order valence-electron chi connectivity index (χ1n) is 10.3. The Morgan fingerprint density at radius 2 is 1.42 bits per heavy atom. The van der Waals surface area contributed by atoms with E-state index in [1.807, 2.05) is 6.07 Å². The van der Waals surface area contributed by atoms with Crippen molar-refractivity contribution in [2.45, 2.75) is 19.8 Å². The topological polar surface area (TPSA) is 106 Å². The molecule has 0 bridgehead atoms. The van der Waals surface area contributed by atoms with Gasteiger partial charge in [0.25, 0.3) is 0 Å². The maximum absolute atomic E-state index is 9.74. The Kier molecular flexibility index (Phi) is 8.47. The van der Waals surface area contributed by atoms with E-state index >= 15 is 0 Å². The van der Waals surface area contributed by atoms with E-state index < -0.39 is 0 Å². The number of ether oxygens (including phenoxy) is 6. The van der Waals surface area contributed by atoms with Crippen LogP contribution in [-0.4, -0.2) is 61.6 Å². The van der Waals surface area contributed by atoms with E-state index in [0.717, 1.165) is 5.56 Å². The number of hydrogen-bond acceptors (Lipinski definition) is 9. The molecular formula is C23H29N3O7. The van der Waals surface area contributed by atoms with E-state index in [9.17, 15) is 5.11 Å². The van der Waals surface area contributed by atoms with E-state index in [1.54, 1.807) is 49.1 Å². The zero-order chi connectivity index (χ0) is 23.8. The summed E-state index contributed by atoms with van der Waals surface area (Å²) in [7, 11) is 4.63. The fourth-order valence-corrected chi connectivity index (χ4v) is 3.18. The minimum absolute atomic E-state index is 0.00963. The average molecular weight is 459 g/mol. The van der Waals surface area contributed by atoms with Crippen LogP contribution in [0.3, 0.4) is 0 Å². The van der Waals surface area contributed by atoms with Crippen molar-refractivity contribution < 1.29 is 33.5 Å². The number of rotatable bonds is 12. The lowest BCUT2D eigenvalue weighted by Gasteiger charge is -2.19. The summed E-state index contributed by atoms with van der Waals surface area (Å²) in [4.78, 5) is 0. The number of methoxy groups -OCH3 is 3. The third kappa shape index (κ3) is 5.72. The van der Waals surface area contributed by atoms with Crippen LogP contribution in [-0.2, 0) is 14.2 Å². The summed E-state index contributed by atoms with van der Waals surface area (Å²) in [6.07, 6.45) is 0. The quantitative estimate of drug-likeness (QED) is 0.406. The smallest absolute Gasteiger partial charge is 0.324 e. The number of benzene rings is 2. The van der Waals surface area contributed by atoms with Gasteiger partial charge in [0, 0.05) is 27.4 Å². The molecule has 0 radical (unpaired) electrons. The third-order valence-corrected chi connectivity index (χ3v) is 4.69. The number of nitrogens with zero attached hydrogens (tertiary/aromatic N) is 3. The Morgan fingerprint density at radius 1 is 0.818 bits per heavy atom. The van der Waals surface area contributed by atoms with Gasteiger partial charge in [0.2, 0.25) is 0 Å². The van der Waals surface area contributed by atoms with Crippen LogP contribution >= 0.6 is 0 Å². The second kappa shape index (κ2) is 11.5. The summed E-state index contributed by atoms with van der Waals surface area (Å²) in [6, 6.07) is 10.6.